The topological polar surface area (TPSA) is 85.9 Å². The first-order valence-electron chi connectivity index (χ1n) is 9.71. The first-order valence-corrected chi connectivity index (χ1v) is 11.2. The molecule has 0 atom stereocenters. The highest BCUT2D eigenvalue weighted by Crippen LogP contribution is 2.20. The van der Waals surface area contributed by atoms with Crippen molar-refractivity contribution in [3.8, 4) is 5.75 Å². The Morgan fingerprint density at radius 1 is 1.07 bits per heavy atom. The van der Waals surface area contributed by atoms with Crippen LogP contribution in [0.2, 0.25) is 0 Å². The van der Waals surface area contributed by atoms with E-state index in [9.17, 15) is 13.2 Å². The fourth-order valence-corrected chi connectivity index (χ4v) is 5.15. The molecule has 1 aromatic carbocycles. The van der Waals surface area contributed by atoms with Crippen molar-refractivity contribution in [3.05, 3.63) is 58.6 Å². The maximum absolute atomic E-state index is 13.0. The zero-order valence-electron chi connectivity index (χ0n) is 16.3. The second-order valence-corrected chi connectivity index (χ2v) is 9.14. The summed E-state index contributed by atoms with van der Waals surface area (Å²) in [5, 5.41) is 4.33. The minimum atomic E-state index is -3.63. The highest BCUT2D eigenvalue weighted by molar-refractivity contribution is 7.89. The quantitative estimate of drug-likeness (QED) is 0.636. The lowest BCUT2D eigenvalue weighted by atomic mass is 10.2. The number of hydrogen-bond acceptors (Lipinski definition) is 5. The van der Waals surface area contributed by atoms with Gasteiger partial charge < -0.3 is 4.74 Å². The normalized spacial score (nSPS) is 16.0. The number of pyridine rings is 1. The number of ether oxygens (including phenoxy) is 1. The Bertz CT molecular complexity index is 1170. The van der Waals surface area contributed by atoms with E-state index in [0.29, 0.717) is 24.5 Å². The number of rotatable bonds is 5. The van der Waals surface area contributed by atoms with E-state index in [1.54, 1.807) is 13.2 Å². The van der Waals surface area contributed by atoms with Gasteiger partial charge in [-0.2, -0.15) is 4.31 Å². The molecule has 0 saturated carbocycles. The Hall–Kier alpha value is -2.65. The smallest absolute Gasteiger partial charge is 0.350 e. The molecule has 0 unspecified atom stereocenters. The number of nitrogens with zero attached hydrogens (tertiary/aromatic N) is 4. The number of benzene rings is 1. The molecule has 1 fully saturated rings. The summed E-state index contributed by atoms with van der Waals surface area (Å²) in [6.07, 6.45) is 5.19. The van der Waals surface area contributed by atoms with Crippen LogP contribution in [0.25, 0.3) is 5.65 Å². The van der Waals surface area contributed by atoms with E-state index in [-0.39, 0.29) is 17.1 Å². The van der Waals surface area contributed by atoms with Gasteiger partial charge in [0.25, 0.3) is 0 Å². The van der Waals surface area contributed by atoms with Crippen molar-refractivity contribution in [2.24, 2.45) is 0 Å². The molecule has 0 amide bonds. The van der Waals surface area contributed by atoms with Crippen LogP contribution in [-0.2, 0) is 16.6 Å². The van der Waals surface area contributed by atoms with Crippen LogP contribution in [-0.4, -0.2) is 47.1 Å². The molecule has 1 aliphatic heterocycles. The monoisotopic (exact) mass is 416 g/mol. The molecule has 8 nitrogen and oxygen atoms in total. The summed E-state index contributed by atoms with van der Waals surface area (Å²) in [6, 6.07) is 10.5. The summed E-state index contributed by atoms with van der Waals surface area (Å²) >= 11 is 0. The van der Waals surface area contributed by atoms with Crippen molar-refractivity contribution in [1.29, 1.82) is 0 Å². The molecule has 1 aliphatic rings. The van der Waals surface area contributed by atoms with Gasteiger partial charge in [0.2, 0.25) is 10.0 Å². The maximum atomic E-state index is 13.0. The van der Waals surface area contributed by atoms with Gasteiger partial charge in [-0.25, -0.2) is 22.3 Å². The highest BCUT2D eigenvalue weighted by Gasteiger charge is 2.26. The third-order valence-corrected chi connectivity index (χ3v) is 7.10. The zero-order valence-corrected chi connectivity index (χ0v) is 17.1. The van der Waals surface area contributed by atoms with E-state index < -0.39 is 10.0 Å². The SMILES string of the molecule is COc1cccc(Cn2nc3ccc(S(=O)(=O)N4CCCCCC4)cn3c2=O)c1. The molecule has 0 aliphatic carbocycles. The lowest BCUT2D eigenvalue weighted by Crippen LogP contribution is -2.32. The maximum Gasteiger partial charge on any atom is 0.350 e. The van der Waals surface area contributed by atoms with Crippen molar-refractivity contribution in [3.63, 3.8) is 0 Å². The van der Waals surface area contributed by atoms with E-state index in [1.807, 2.05) is 24.3 Å². The van der Waals surface area contributed by atoms with Crippen LogP contribution in [0, 0.1) is 0 Å². The zero-order chi connectivity index (χ0) is 20.4. The number of methoxy groups -OCH3 is 1. The molecular weight excluding hydrogens is 392 g/mol. The largest absolute Gasteiger partial charge is 0.497 e. The molecule has 0 N–H and O–H groups in total. The fourth-order valence-electron chi connectivity index (χ4n) is 3.63. The van der Waals surface area contributed by atoms with Crippen LogP contribution in [0.15, 0.2) is 52.3 Å². The summed E-state index contributed by atoms with van der Waals surface area (Å²) in [4.78, 5) is 12.9. The summed E-state index contributed by atoms with van der Waals surface area (Å²) in [5.74, 6) is 0.699. The first kappa shape index (κ1) is 19.7. The van der Waals surface area contributed by atoms with Gasteiger partial charge in [-0.3, -0.25) is 0 Å². The number of aromatic nitrogens is 3. The first-order chi connectivity index (χ1) is 14.0. The van der Waals surface area contributed by atoms with Gasteiger partial charge in [-0.15, -0.1) is 5.10 Å². The Labute approximate surface area is 169 Å². The van der Waals surface area contributed by atoms with Crippen LogP contribution in [0.5, 0.6) is 5.75 Å². The summed E-state index contributed by atoms with van der Waals surface area (Å²) < 4.78 is 35.4. The Morgan fingerprint density at radius 2 is 1.83 bits per heavy atom. The van der Waals surface area contributed by atoms with E-state index in [0.717, 1.165) is 31.2 Å². The van der Waals surface area contributed by atoms with Crippen molar-refractivity contribution in [2.75, 3.05) is 20.2 Å². The van der Waals surface area contributed by atoms with Crippen molar-refractivity contribution >= 4 is 15.7 Å². The fraction of sp³-hybridized carbons (Fsp3) is 0.400. The van der Waals surface area contributed by atoms with Crippen LogP contribution < -0.4 is 10.4 Å². The predicted molar refractivity (Wildman–Crippen MR) is 109 cm³/mol. The molecule has 29 heavy (non-hydrogen) atoms. The molecule has 154 valence electrons. The van der Waals surface area contributed by atoms with E-state index in [4.69, 9.17) is 4.74 Å². The van der Waals surface area contributed by atoms with Gasteiger partial charge in [-0.05, 0) is 42.7 Å². The van der Waals surface area contributed by atoms with Gasteiger partial charge in [0, 0.05) is 19.3 Å². The summed E-state index contributed by atoms with van der Waals surface area (Å²) in [7, 11) is -2.05. The van der Waals surface area contributed by atoms with Crippen molar-refractivity contribution in [1.82, 2.24) is 18.5 Å². The number of fused-ring (bicyclic) bond motifs is 1. The third-order valence-electron chi connectivity index (χ3n) is 5.22. The summed E-state index contributed by atoms with van der Waals surface area (Å²) in [5.41, 5.74) is 0.899. The molecule has 9 heteroatoms. The van der Waals surface area contributed by atoms with Crippen LogP contribution in [0.1, 0.15) is 31.2 Å². The minimum Gasteiger partial charge on any atom is -0.497 e. The van der Waals surface area contributed by atoms with Crippen molar-refractivity contribution < 1.29 is 13.2 Å². The number of sulfonamides is 1. The highest BCUT2D eigenvalue weighted by atomic mass is 32.2. The van der Waals surface area contributed by atoms with Gasteiger partial charge in [0.15, 0.2) is 5.65 Å². The Balaban J connectivity index is 1.67. The third kappa shape index (κ3) is 3.92. The molecule has 1 saturated heterocycles. The molecule has 3 aromatic rings. The minimum absolute atomic E-state index is 0.120. The molecule has 3 heterocycles. The standard InChI is InChI=1S/C20H24N4O4S/c1-28-17-8-6-7-16(13-17)14-24-20(25)23-15-18(9-10-19(23)21-24)29(26,27)22-11-4-2-3-5-12-22/h6-10,13,15H,2-5,11-12,14H2,1H3. The van der Waals surface area contributed by atoms with E-state index in [1.165, 1.54) is 25.7 Å². The predicted octanol–water partition coefficient (Wildman–Crippen LogP) is 2.12. The molecule has 0 radical (unpaired) electrons. The second-order valence-electron chi connectivity index (χ2n) is 7.20. The van der Waals surface area contributed by atoms with Crippen LogP contribution in [0.3, 0.4) is 0 Å². The molecule has 4 rings (SSSR count). The second kappa shape index (κ2) is 8.00. The van der Waals surface area contributed by atoms with Crippen LogP contribution >= 0.6 is 0 Å². The van der Waals surface area contributed by atoms with Crippen molar-refractivity contribution in [2.45, 2.75) is 37.1 Å². The molecule has 2 aromatic heterocycles. The van der Waals surface area contributed by atoms with Gasteiger partial charge in [-0.1, -0.05) is 25.0 Å². The average Bonchev–Trinajstić information content (AvgIpc) is 2.91. The van der Waals surface area contributed by atoms with Gasteiger partial charge in [0.1, 0.15) is 5.75 Å². The van der Waals surface area contributed by atoms with E-state index in [2.05, 4.69) is 5.10 Å². The van der Waals surface area contributed by atoms with Gasteiger partial charge >= 0.3 is 5.69 Å². The summed E-state index contributed by atoms with van der Waals surface area (Å²) in [6.45, 7) is 1.31. The molecule has 0 bridgehead atoms. The lowest BCUT2D eigenvalue weighted by molar-refractivity contribution is 0.414. The number of hydrogen-bond donors (Lipinski definition) is 0. The Morgan fingerprint density at radius 3 is 2.55 bits per heavy atom. The van der Waals surface area contributed by atoms with E-state index >= 15 is 0 Å². The van der Waals surface area contributed by atoms with Gasteiger partial charge in [0.05, 0.1) is 18.6 Å². The van der Waals surface area contributed by atoms with Crippen LogP contribution in [0.4, 0.5) is 0 Å². The lowest BCUT2D eigenvalue weighted by Gasteiger charge is -2.19. The molecular formula is C20H24N4O4S. The average molecular weight is 417 g/mol. The molecule has 0 spiro atoms. The Kier molecular flexibility index (Phi) is 5.42.